The van der Waals surface area contributed by atoms with Gasteiger partial charge in [0.2, 0.25) is 0 Å². The Morgan fingerprint density at radius 2 is 1.93 bits per heavy atom. The standard InChI is InChI=1S/C20H21N5O2/c1-12-10-23-18-16(19(26)25(3)20(27)24(18)2)17(12)21-9-8-13-11-22-15-7-5-4-6-14(13)15/h4-7,10-11,22H,8-9H2,1-3H3,(H,21,23). The molecule has 0 saturated carbocycles. The van der Waals surface area contributed by atoms with E-state index in [9.17, 15) is 9.59 Å². The smallest absolute Gasteiger partial charge is 0.332 e. The zero-order valence-corrected chi connectivity index (χ0v) is 15.5. The summed E-state index contributed by atoms with van der Waals surface area (Å²) >= 11 is 0. The van der Waals surface area contributed by atoms with Crippen molar-refractivity contribution in [1.29, 1.82) is 0 Å². The van der Waals surface area contributed by atoms with Crippen LogP contribution in [-0.4, -0.2) is 25.6 Å². The van der Waals surface area contributed by atoms with E-state index in [2.05, 4.69) is 27.4 Å². The molecule has 0 bridgehead atoms. The fraction of sp³-hybridized carbons (Fsp3) is 0.250. The molecular formula is C20H21N5O2. The van der Waals surface area contributed by atoms with Crippen molar-refractivity contribution in [3.05, 3.63) is 68.6 Å². The number of nitrogens with one attached hydrogen (secondary N) is 2. The topological polar surface area (TPSA) is 84.7 Å². The SMILES string of the molecule is Cc1cnc2c(c1NCCc1c[nH]c3ccccc13)c(=O)n(C)c(=O)n2C. The minimum atomic E-state index is -0.381. The Labute approximate surface area is 155 Å². The second-order valence-electron chi connectivity index (χ2n) is 6.76. The number of pyridine rings is 1. The quantitative estimate of drug-likeness (QED) is 0.581. The van der Waals surface area contributed by atoms with E-state index in [1.54, 1.807) is 13.2 Å². The molecular weight excluding hydrogens is 342 g/mol. The van der Waals surface area contributed by atoms with Gasteiger partial charge in [-0.25, -0.2) is 9.78 Å². The molecule has 0 unspecified atom stereocenters. The summed E-state index contributed by atoms with van der Waals surface area (Å²) in [4.78, 5) is 32.4. The third kappa shape index (κ3) is 2.71. The van der Waals surface area contributed by atoms with Crippen LogP contribution in [0.5, 0.6) is 0 Å². The van der Waals surface area contributed by atoms with Crippen molar-refractivity contribution in [3.63, 3.8) is 0 Å². The fourth-order valence-corrected chi connectivity index (χ4v) is 3.51. The Kier molecular flexibility index (Phi) is 4.07. The number of aromatic amines is 1. The second kappa shape index (κ2) is 6.42. The van der Waals surface area contributed by atoms with Gasteiger partial charge in [0.25, 0.3) is 5.56 Å². The first-order chi connectivity index (χ1) is 13.0. The van der Waals surface area contributed by atoms with E-state index in [1.165, 1.54) is 22.6 Å². The number of aryl methyl sites for hydroxylation is 2. The minimum Gasteiger partial charge on any atom is -0.384 e. The third-order valence-corrected chi connectivity index (χ3v) is 5.03. The van der Waals surface area contributed by atoms with Crippen molar-refractivity contribution in [2.45, 2.75) is 13.3 Å². The molecule has 0 fully saturated rings. The molecule has 7 heteroatoms. The van der Waals surface area contributed by atoms with Gasteiger partial charge in [-0.15, -0.1) is 0 Å². The molecule has 3 aromatic heterocycles. The third-order valence-electron chi connectivity index (χ3n) is 5.03. The van der Waals surface area contributed by atoms with Gasteiger partial charge in [0.15, 0.2) is 5.65 Å². The number of H-pyrrole nitrogens is 1. The Bertz CT molecular complexity index is 1280. The van der Waals surface area contributed by atoms with Gasteiger partial charge in [-0.05, 0) is 30.5 Å². The van der Waals surface area contributed by atoms with Gasteiger partial charge in [-0.2, -0.15) is 0 Å². The van der Waals surface area contributed by atoms with Gasteiger partial charge in [0.1, 0.15) is 5.39 Å². The van der Waals surface area contributed by atoms with Crippen LogP contribution < -0.4 is 16.6 Å². The molecule has 1 aromatic carbocycles. The maximum Gasteiger partial charge on any atom is 0.332 e. The molecule has 0 aliphatic rings. The van der Waals surface area contributed by atoms with Crippen LogP contribution in [0.2, 0.25) is 0 Å². The van der Waals surface area contributed by atoms with Crippen LogP contribution in [0.4, 0.5) is 5.69 Å². The van der Waals surface area contributed by atoms with Crippen LogP contribution in [0.1, 0.15) is 11.1 Å². The summed E-state index contributed by atoms with van der Waals surface area (Å²) in [5, 5.41) is 5.04. The normalized spacial score (nSPS) is 11.4. The van der Waals surface area contributed by atoms with Gasteiger partial charge < -0.3 is 10.3 Å². The van der Waals surface area contributed by atoms with Crippen LogP contribution in [0.25, 0.3) is 21.9 Å². The molecule has 3 heterocycles. The molecule has 4 aromatic rings. The lowest BCUT2D eigenvalue weighted by Gasteiger charge is -2.14. The average Bonchev–Trinajstić information content (AvgIpc) is 3.09. The summed E-state index contributed by atoms with van der Waals surface area (Å²) in [6.45, 7) is 2.57. The summed E-state index contributed by atoms with van der Waals surface area (Å²) in [7, 11) is 3.12. The molecule has 0 saturated heterocycles. The van der Waals surface area contributed by atoms with Gasteiger partial charge in [0, 0.05) is 43.9 Å². The van der Waals surface area contributed by atoms with E-state index in [4.69, 9.17) is 0 Å². The van der Waals surface area contributed by atoms with Crippen LogP contribution in [-0.2, 0) is 20.5 Å². The number of hydrogen-bond donors (Lipinski definition) is 2. The van der Waals surface area contributed by atoms with E-state index < -0.39 is 0 Å². The van der Waals surface area contributed by atoms with E-state index >= 15 is 0 Å². The van der Waals surface area contributed by atoms with Crippen LogP contribution >= 0.6 is 0 Å². The fourth-order valence-electron chi connectivity index (χ4n) is 3.51. The molecule has 7 nitrogen and oxygen atoms in total. The van der Waals surface area contributed by atoms with Crippen LogP contribution in [0, 0.1) is 6.92 Å². The average molecular weight is 363 g/mol. The largest absolute Gasteiger partial charge is 0.384 e. The number of hydrogen-bond acceptors (Lipinski definition) is 4. The monoisotopic (exact) mass is 363 g/mol. The highest BCUT2D eigenvalue weighted by atomic mass is 16.2. The second-order valence-corrected chi connectivity index (χ2v) is 6.76. The highest BCUT2D eigenvalue weighted by Gasteiger charge is 2.15. The Morgan fingerprint density at radius 3 is 2.74 bits per heavy atom. The first kappa shape index (κ1) is 17.1. The lowest BCUT2D eigenvalue weighted by molar-refractivity contribution is 0.707. The first-order valence-electron chi connectivity index (χ1n) is 8.83. The Balaban J connectivity index is 1.71. The van der Waals surface area contributed by atoms with Gasteiger partial charge in [0.05, 0.1) is 5.69 Å². The van der Waals surface area contributed by atoms with Gasteiger partial charge in [-0.3, -0.25) is 13.9 Å². The maximum absolute atomic E-state index is 12.7. The van der Waals surface area contributed by atoms with Crippen molar-refractivity contribution >= 4 is 27.6 Å². The number of anilines is 1. The Morgan fingerprint density at radius 1 is 1.15 bits per heavy atom. The zero-order chi connectivity index (χ0) is 19.1. The summed E-state index contributed by atoms with van der Waals surface area (Å²) in [6.07, 6.45) is 4.52. The Hall–Kier alpha value is -3.35. The molecule has 0 spiro atoms. The van der Waals surface area contributed by atoms with Crippen molar-refractivity contribution in [2.24, 2.45) is 14.1 Å². The van der Waals surface area contributed by atoms with E-state index in [0.29, 0.717) is 17.6 Å². The summed E-state index contributed by atoms with van der Waals surface area (Å²) < 4.78 is 2.52. The van der Waals surface area contributed by atoms with Gasteiger partial charge >= 0.3 is 5.69 Å². The molecule has 2 N–H and O–H groups in total. The van der Waals surface area contributed by atoms with Crippen molar-refractivity contribution in [2.75, 3.05) is 11.9 Å². The minimum absolute atomic E-state index is 0.334. The highest BCUT2D eigenvalue weighted by Crippen LogP contribution is 2.22. The molecule has 4 rings (SSSR count). The summed E-state index contributed by atoms with van der Waals surface area (Å²) in [5.41, 5.74) is 3.61. The molecule has 0 amide bonds. The number of para-hydroxylation sites is 1. The molecule has 27 heavy (non-hydrogen) atoms. The van der Waals surface area contributed by atoms with E-state index in [-0.39, 0.29) is 11.2 Å². The maximum atomic E-state index is 12.7. The molecule has 0 atom stereocenters. The molecule has 0 aliphatic heterocycles. The van der Waals surface area contributed by atoms with Crippen molar-refractivity contribution in [3.8, 4) is 0 Å². The van der Waals surface area contributed by atoms with Crippen molar-refractivity contribution < 1.29 is 0 Å². The summed E-state index contributed by atoms with van der Waals surface area (Å²) in [6, 6.07) is 8.18. The highest BCUT2D eigenvalue weighted by molar-refractivity contribution is 5.90. The molecule has 138 valence electrons. The van der Waals surface area contributed by atoms with E-state index in [0.717, 1.165) is 27.8 Å². The van der Waals surface area contributed by atoms with Crippen molar-refractivity contribution in [1.82, 2.24) is 19.1 Å². The molecule has 0 radical (unpaired) electrons. The number of fused-ring (bicyclic) bond motifs is 2. The summed E-state index contributed by atoms with van der Waals surface area (Å²) in [5.74, 6) is 0. The van der Waals surface area contributed by atoms with Gasteiger partial charge in [-0.1, -0.05) is 18.2 Å². The lowest BCUT2D eigenvalue weighted by Crippen LogP contribution is -2.37. The first-order valence-corrected chi connectivity index (χ1v) is 8.83. The number of benzene rings is 1. The van der Waals surface area contributed by atoms with Crippen LogP contribution in [0.3, 0.4) is 0 Å². The number of rotatable bonds is 4. The lowest BCUT2D eigenvalue weighted by atomic mass is 10.1. The van der Waals surface area contributed by atoms with Crippen LogP contribution in [0.15, 0.2) is 46.2 Å². The predicted octanol–water partition coefficient (Wildman–Crippen LogP) is 2.08. The molecule has 0 aliphatic carbocycles. The number of aromatic nitrogens is 4. The zero-order valence-electron chi connectivity index (χ0n) is 15.5. The predicted molar refractivity (Wildman–Crippen MR) is 107 cm³/mol. The van der Waals surface area contributed by atoms with E-state index in [1.807, 2.05) is 25.3 Å². The number of nitrogens with zero attached hydrogens (tertiary/aromatic N) is 3.